The van der Waals surface area contributed by atoms with Crippen molar-refractivity contribution in [2.45, 2.75) is 6.92 Å². The molecular formula is C19H21N5O4S. The number of nitrogens with zero attached hydrogens (tertiary/aromatic N) is 3. The molecule has 2 aromatic rings. The molecule has 0 aromatic heterocycles. The standard InChI is InChI=1S/C19H21N5O4S/c1-13(14-8-10-15(11-9-14)28-12-18(25)23(2)3)21-22-19(29)20-16-6-4-5-7-17(16)24(26)27/h4-11H,12H2,1-3H3,(H2,20,22,29)/b21-13-. The molecule has 2 N–H and O–H groups in total. The van der Waals surface area contributed by atoms with Gasteiger partial charge in [-0.15, -0.1) is 0 Å². The largest absolute Gasteiger partial charge is 0.484 e. The Kier molecular flexibility index (Phi) is 7.61. The number of benzene rings is 2. The van der Waals surface area contributed by atoms with Crippen molar-refractivity contribution in [1.29, 1.82) is 0 Å². The summed E-state index contributed by atoms with van der Waals surface area (Å²) in [5.41, 5.74) is 4.32. The molecule has 0 atom stereocenters. The van der Waals surface area contributed by atoms with Gasteiger partial charge in [0.15, 0.2) is 11.7 Å². The maximum Gasteiger partial charge on any atom is 0.292 e. The molecule has 0 aliphatic carbocycles. The number of para-hydroxylation sites is 2. The third-order valence-electron chi connectivity index (χ3n) is 3.81. The Bertz CT molecular complexity index is 928. The molecule has 2 aromatic carbocycles. The number of carbonyl (C=O) groups is 1. The van der Waals surface area contributed by atoms with Crippen LogP contribution in [-0.2, 0) is 4.79 Å². The summed E-state index contributed by atoms with van der Waals surface area (Å²) in [6.07, 6.45) is 0. The average Bonchev–Trinajstić information content (AvgIpc) is 2.70. The van der Waals surface area contributed by atoms with Crippen LogP contribution in [0.1, 0.15) is 12.5 Å². The molecule has 2 rings (SSSR count). The van der Waals surface area contributed by atoms with Crippen LogP contribution in [0.5, 0.6) is 5.75 Å². The third kappa shape index (κ3) is 6.54. The molecule has 0 aliphatic heterocycles. The number of carbonyl (C=O) groups excluding carboxylic acids is 1. The molecule has 0 radical (unpaired) electrons. The van der Waals surface area contributed by atoms with Gasteiger partial charge in [0.1, 0.15) is 11.4 Å². The van der Waals surface area contributed by atoms with E-state index in [-0.39, 0.29) is 29.0 Å². The Hall–Kier alpha value is -3.53. The Balaban J connectivity index is 1.95. The minimum atomic E-state index is -0.491. The molecule has 10 heteroatoms. The molecule has 1 amide bonds. The predicted octanol–water partition coefficient (Wildman–Crippen LogP) is 2.77. The molecule has 0 fully saturated rings. The topological polar surface area (TPSA) is 109 Å². The Morgan fingerprint density at radius 1 is 1.21 bits per heavy atom. The van der Waals surface area contributed by atoms with Crippen molar-refractivity contribution >= 4 is 40.3 Å². The zero-order valence-corrected chi connectivity index (χ0v) is 17.0. The summed E-state index contributed by atoms with van der Waals surface area (Å²) in [7, 11) is 3.33. The van der Waals surface area contributed by atoms with E-state index in [0.717, 1.165) is 5.56 Å². The van der Waals surface area contributed by atoms with E-state index in [9.17, 15) is 14.9 Å². The van der Waals surface area contributed by atoms with Gasteiger partial charge in [-0.3, -0.25) is 20.3 Å². The number of nitrogens with one attached hydrogen (secondary N) is 2. The monoisotopic (exact) mass is 415 g/mol. The Morgan fingerprint density at radius 2 is 1.86 bits per heavy atom. The van der Waals surface area contributed by atoms with Crippen LogP contribution in [-0.4, -0.2) is 47.3 Å². The number of hydrogen-bond donors (Lipinski definition) is 2. The first-order chi connectivity index (χ1) is 13.8. The molecule has 0 saturated carbocycles. The molecule has 9 nitrogen and oxygen atoms in total. The van der Waals surface area contributed by atoms with E-state index < -0.39 is 4.92 Å². The summed E-state index contributed by atoms with van der Waals surface area (Å²) in [5, 5.41) is 18.1. The van der Waals surface area contributed by atoms with Gasteiger partial charge in [-0.1, -0.05) is 12.1 Å². The van der Waals surface area contributed by atoms with Crippen LogP contribution >= 0.6 is 12.2 Å². The molecule has 0 aliphatic rings. The van der Waals surface area contributed by atoms with Crippen LogP contribution in [0.4, 0.5) is 11.4 Å². The lowest BCUT2D eigenvalue weighted by Gasteiger charge is -2.11. The van der Waals surface area contributed by atoms with Crippen LogP contribution in [0, 0.1) is 10.1 Å². The first-order valence-electron chi connectivity index (χ1n) is 8.56. The second-order valence-electron chi connectivity index (χ2n) is 6.14. The number of hydrazone groups is 1. The van der Waals surface area contributed by atoms with E-state index >= 15 is 0 Å². The second-order valence-corrected chi connectivity index (χ2v) is 6.55. The number of likely N-dealkylation sites (N-methyl/N-ethyl adjacent to an activating group) is 1. The molecule has 0 unspecified atom stereocenters. The number of nitro groups is 1. The number of rotatable bonds is 7. The Labute approximate surface area is 173 Å². The van der Waals surface area contributed by atoms with E-state index in [4.69, 9.17) is 17.0 Å². The molecule has 0 bridgehead atoms. The highest BCUT2D eigenvalue weighted by Gasteiger charge is 2.13. The van der Waals surface area contributed by atoms with Gasteiger partial charge < -0.3 is 15.0 Å². The molecule has 0 saturated heterocycles. The van der Waals surface area contributed by atoms with Crippen molar-refractivity contribution in [1.82, 2.24) is 10.3 Å². The summed E-state index contributed by atoms with van der Waals surface area (Å²) in [6.45, 7) is 1.75. The summed E-state index contributed by atoms with van der Waals surface area (Å²) < 4.78 is 5.43. The number of thiocarbonyl (C=S) groups is 1. The predicted molar refractivity (Wildman–Crippen MR) is 115 cm³/mol. The fraction of sp³-hybridized carbons (Fsp3) is 0.211. The van der Waals surface area contributed by atoms with E-state index in [0.29, 0.717) is 11.5 Å². The van der Waals surface area contributed by atoms with Crippen LogP contribution in [0.3, 0.4) is 0 Å². The minimum absolute atomic E-state index is 0.0352. The lowest BCUT2D eigenvalue weighted by Crippen LogP contribution is -2.27. The van der Waals surface area contributed by atoms with Crippen molar-refractivity contribution in [3.05, 3.63) is 64.2 Å². The second kappa shape index (κ2) is 10.1. The third-order valence-corrected chi connectivity index (χ3v) is 4.00. The summed E-state index contributed by atoms with van der Waals surface area (Å²) in [6, 6.07) is 13.3. The van der Waals surface area contributed by atoms with Gasteiger partial charge in [-0.2, -0.15) is 5.10 Å². The number of anilines is 1. The fourth-order valence-corrected chi connectivity index (χ4v) is 2.31. The highest BCUT2D eigenvalue weighted by atomic mass is 32.1. The molecule has 0 heterocycles. The highest BCUT2D eigenvalue weighted by molar-refractivity contribution is 7.80. The zero-order valence-electron chi connectivity index (χ0n) is 16.2. The van der Waals surface area contributed by atoms with E-state index in [1.54, 1.807) is 63.5 Å². The molecule has 152 valence electrons. The Morgan fingerprint density at radius 3 is 2.48 bits per heavy atom. The number of ether oxygens (including phenoxy) is 1. The van der Waals surface area contributed by atoms with Crippen molar-refractivity contribution in [2.75, 3.05) is 26.0 Å². The van der Waals surface area contributed by atoms with Crippen LogP contribution in [0.25, 0.3) is 0 Å². The van der Waals surface area contributed by atoms with Crippen molar-refractivity contribution < 1.29 is 14.5 Å². The number of amides is 1. The maximum absolute atomic E-state index is 11.5. The lowest BCUT2D eigenvalue weighted by molar-refractivity contribution is -0.383. The smallest absolute Gasteiger partial charge is 0.292 e. The van der Waals surface area contributed by atoms with Gasteiger partial charge in [0.25, 0.3) is 11.6 Å². The first-order valence-corrected chi connectivity index (χ1v) is 8.97. The quantitative estimate of drug-likeness (QED) is 0.310. The summed E-state index contributed by atoms with van der Waals surface area (Å²) in [4.78, 5) is 23.6. The van der Waals surface area contributed by atoms with E-state index in [1.807, 2.05) is 0 Å². The average molecular weight is 415 g/mol. The SMILES string of the molecule is C/C(=N/NC(=S)Nc1ccccc1[N+](=O)[O-])c1ccc(OCC(=O)N(C)C)cc1. The number of nitro benzene ring substituents is 1. The van der Waals surface area contributed by atoms with Crippen molar-refractivity contribution in [2.24, 2.45) is 5.10 Å². The first kappa shape index (κ1) is 21.8. The molecular weight excluding hydrogens is 394 g/mol. The van der Waals surface area contributed by atoms with E-state index in [2.05, 4.69) is 15.8 Å². The van der Waals surface area contributed by atoms with Gasteiger partial charge >= 0.3 is 0 Å². The van der Waals surface area contributed by atoms with Gasteiger partial charge in [0.05, 0.1) is 10.6 Å². The van der Waals surface area contributed by atoms with Crippen LogP contribution in [0.2, 0.25) is 0 Å². The van der Waals surface area contributed by atoms with Gasteiger partial charge in [-0.25, -0.2) is 0 Å². The van der Waals surface area contributed by atoms with E-state index in [1.165, 1.54) is 11.0 Å². The van der Waals surface area contributed by atoms with Crippen LogP contribution < -0.4 is 15.5 Å². The minimum Gasteiger partial charge on any atom is -0.484 e. The normalized spacial score (nSPS) is 10.8. The maximum atomic E-state index is 11.5. The van der Waals surface area contributed by atoms with Crippen molar-refractivity contribution in [3.8, 4) is 5.75 Å². The number of hydrogen-bond acceptors (Lipinski definition) is 6. The van der Waals surface area contributed by atoms with Gasteiger partial charge in [0, 0.05) is 20.2 Å². The van der Waals surface area contributed by atoms with Crippen LogP contribution in [0.15, 0.2) is 53.6 Å². The van der Waals surface area contributed by atoms with Gasteiger partial charge in [-0.05, 0) is 55.0 Å². The molecule has 29 heavy (non-hydrogen) atoms. The summed E-state index contributed by atoms with van der Waals surface area (Å²) in [5.74, 6) is 0.439. The molecule has 0 spiro atoms. The lowest BCUT2D eigenvalue weighted by atomic mass is 10.1. The fourth-order valence-electron chi connectivity index (χ4n) is 2.15. The van der Waals surface area contributed by atoms with Gasteiger partial charge in [0.2, 0.25) is 0 Å². The summed E-state index contributed by atoms with van der Waals surface area (Å²) >= 11 is 5.14. The highest BCUT2D eigenvalue weighted by Crippen LogP contribution is 2.22. The van der Waals surface area contributed by atoms with Crippen molar-refractivity contribution in [3.63, 3.8) is 0 Å². The zero-order chi connectivity index (χ0) is 21.4.